The van der Waals surface area contributed by atoms with Crippen molar-refractivity contribution in [3.63, 3.8) is 0 Å². The molecule has 0 saturated heterocycles. The highest BCUT2D eigenvalue weighted by molar-refractivity contribution is 5.95. The van der Waals surface area contributed by atoms with E-state index in [1.807, 2.05) is 5.32 Å². The van der Waals surface area contributed by atoms with Gasteiger partial charge in [0, 0.05) is 24.4 Å². The molecule has 1 heterocycles. The Bertz CT molecular complexity index is 1000. The summed E-state index contributed by atoms with van der Waals surface area (Å²) in [6.45, 7) is 0.627. The number of carbonyl (C=O) groups is 2. The number of halogens is 3. The van der Waals surface area contributed by atoms with Crippen molar-refractivity contribution in [2.75, 3.05) is 5.32 Å². The van der Waals surface area contributed by atoms with E-state index < -0.39 is 58.1 Å². The molecule has 1 atom stereocenters. The molecule has 0 fully saturated rings. The predicted octanol–water partition coefficient (Wildman–Crippen LogP) is 2.35. The predicted molar refractivity (Wildman–Crippen MR) is 93.0 cm³/mol. The van der Waals surface area contributed by atoms with Crippen molar-refractivity contribution in [1.29, 1.82) is 0 Å². The number of ether oxygens (including phenoxy) is 1. The third kappa shape index (κ3) is 5.64. The highest BCUT2D eigenvalue weighted by Crippen LogP contribution is 2.37. The summed E-state index contributed by atoms with van der Waals surface area (Å²) in [5, 5.41) is 12.6. The molecule has 9 nitrogen and oxygen atoms in total. The number of esters is 1. The minimum atomic E-state index is -4.97. The van der Waals surface area contributed by atoms with Gasteiger partial charge in [-0.3, -0.25) is 24.5 Å². The second-order valence-electron chi connectivity index (χ2n) is 5.77. The fourth-order valence-corrected chi connectivity index (χ4v) is 2.24. The smallest absolute Gasteiger partial charge is 0.418 e. The Balaban J connectivity index is 2.11. The van der Waals surface area contributed by atoms with Crippen LogP contribution in [0.5, 0.6) is 0 Å². The van der Waals surface area contributed by atoms with Gasteiger partial charge in [0.05, 0.1) is 16.2 Å². The Morgan fingerprint density at radius 1 is 1.28 bits per heavy atom. The lowest BCUT2D eigenvalue weighted by Crippen LogP contribution is -2.33. The Morgan fingerprint density at radius 2 is 1.97 bits per heavy atom. The largest absolute Gasteiger partial charge is 0.451 e. The summed E-state index contributed by atoms with van der Waals surface area (Å²) in [6, 6.07) is 5.98. The first-order valence-corrected chi connectivity index (χ1v) is 8.00. The average Bonchev–Trinajstić information content (AvgIpc) is 2.62. The van der Waals surface area contributed by atoms with Crippen LogP contribution in [0.1, 0.15) is 12.5 Å². The molecule has 0 unspecified atom stereocenters. The van der Waals surface area contributed by atoms with E-state index >= 15 is 0 Å². The van der Waals surface area contributed by atoms with Crippen molar-refractivity contribution in [2.45, 2.75) is 25.7 Å². The zero-order chi connectivity index (χ0) is 21.8. The highest BCUT2D eigenvalue weighted by atomic mass is 19.4. The molecule has 1 aromatic carbocycles. The number of nitrogens with one attached hydrogen (secondary N) is 1. The molecule has 12 heteroatoms. The maximum absolute atomic E-state index is 13.1. The molecule has 0 aliphatic rings. The fraction of sp³-hybridized carbons (Fsp3) is 0.235. The summed E-state index contributed by atoms with van der Waals surface area (Å²) in [6.07, 6.45) is -5.14. The lowest BCUT2D eigenvalue weighted by Gasteiger charge is -2.17. The van der Waals surface area contributed by atoms with Gasteiger partial charge in [-0.05, 0) is 19.1 Å². The number of hydrogen-bond acceptors (Lipinski definition) is 6. The molecule has 154 valence electrons. The SMILES string of the molecule is C[C@@H](OC(=O)Cn1ccccc1=O)C(=O)Nc1ccc([N+](=O)[O-])cc1C(F)(F)F. The van der Waals surface area contributed by atoms with Crippen molar-refractivity contribution >= 4 is 23.3 Å². The first-order chi connectivity index (χ1) is 13.5. The minimum Gasteiger partial charge on any atom is -0.451 e. The zero-order valence-electron chi connectivity index (χ0n) is 14.8. The van der Waals surface area contributed by atoms with Crippen molar-refractivity contribution < 1.29 is 32.4 Å². The Hall–Kier alpha value is -3.70. The summed E-state index contributed by atoms with van der Waals surface area (Å²) in [5.74, 6) is -2.04. The third-order valence-corrected chi connectivity index (χ3v) is 3.65. The number of pyridine rings is 1. The number of benzene rings is 1. The van der Waals surface area contributed by atoms with E-state index in [-0.39, 0.29) is 6.07 Å². The van der Waals surface area contributed by atoms with Gasteiger partial charge in [-0.1, -0.05) is 6.07 Å². The number of alkyl halides is 3. The van der Waals surface area contributed by atoms with Crippen LogP contribution in [-0.4, -0.2) is 27.5 Å². The van der Waals surface area contributed by atoms with E-state index in [2.05, 4.69) is 0 Å². The molecule has 0 radical (unpaired) electrons. The second-order valence-corrected chi connectivity index (χ2v) is 5.77. The van der Waals surface area contributed by atoms with E-state index in [4.69, 9.17) is 4.74 Å². The lowest BCUT2D eigenvalue weighted by molar-refractivity contribution is -0.385. The molecule has 0 saturated carbocycles. The minimum absolute atomic E-state index is 0.286. The van der Waals surface area contributed by atoms with E-state index in [0.29, 0.717) is 0 Å². The maximum atomic E-state index is 13.1. The Morgan fingerprint density at radius 3 is 2.55 bits per heavy atom. The topological polar surface area (TPSA) is 121 Å². The molecule has 2 aromatic rings. The van der Waals surface area contributed by atoms with E-state index in [1.165, 1.54) is 24.4 Å². The molecule has 0 aliphatic carbocycles. The summed E-state index contributed by atoms with van der Waals surface area (Å²) < 4.78 is 45.3. The summed E-state index contributed by atoms with van der Waals surface area (Å²) in [5.41, 5.74) is -3.44. The second kappa shape index (κ2) is 8.54. The number of rotatable bonds is 6. The summed E-state index contributed by atoms with van der Waals surface area (Å²) >= 11 is 0. The average molecular weight is 413 g/mol. The van der Waals surface area contributed by atoms with Gasteiger partial charge in [-0.2, -0.15) is 13.2 Å². The van der Waals surface area contributed by atoms with Crippen molar-refractivity contribution in [1.82, 2.24) is 4.57 Å². The van der Waals surface area contributed by atoms with Crippen LogP contribution in [-0.2, 0) is 27.0 Å². The first-order valence-electron chi connectivity index (χ1n) is 8.00. The fourth-order valence-electron chi connectivity index (χ4n) is 2.24. The standard InChI is InChI=1S/C17H14F3N3O6/c1-10(29-15(25)9-22-7-3-2-4-14(22)24)16(26)21-13-6-5-11(23(27)28)8-12(13)17(18,19)20/h2-8,10H,9H2,1H3,(H,21,26)/t10-/m1/s1. The summed E-state index contributed by atoms with van der Waals surface area (Å²) in [4.78, 5) is 45.2. The third-order valence-electron chi connectivity index (χ3n) is 3.65. The van der Waals surface area contributed by atoms with Crippen LogP contribution in [0.4, 0.5) is 24.5 Å². The normalized spacial score (nSPS) is 12.1. The number of anilines is 1. The van der Waals surface area contributed by atoms with Crippen molar-refractivity contribution in [3.05, 3.63) is 68.6 Å². The van der Waals surface area contributed by atoms with Crippen LogP contribution in [0.2, 0.25) is 0 Å². The van der Waals surface area contributed by atoms with E-state index in [0.717, 1.165) is 23.6 Å². The number of non-ortho nitro benzene ring substituents is 1. The maximum Gasteiger partial charge on any atom is 0.418 e. The first kappa shape index (κ1) is 21.6. The van der Waals surface area contributed by atoms with Gasteiger partial charge in [0.1, 0.15) is 6.54 Å². The van der Waals surface area contributed by atoms with Crippen LogP contribution in [0, 0.1) is 10.1 Å². The zero-order valence-corrected chi connectivity index (χ0v) is 14.8. The molecular weight excluding hydrogens is 399 g/mol. The molecule has 0 aliphatic heterocycles. The van der Waals surface area contributed by atoms with Crippen molar-refractivity contribution in [2.24, 2.45) is 0 Å². The Labute approximate surface area is 160 Å². The van der Waals surface area contributed by atoms with Gasteiger partial charge in [0.25, 0.3) is 17.2 Å². The lowest BCUT2D eigenvalue weighted by atomic mass is 10.1. The quantitative estimate of drug-likeness (QED) is 0.441. The number of amides is 1. The van der Waals surface area contributed by atoms with Gasteiger partial charge in [-0.15, -0.1) is 0 Å². The number of aromatic nitrogens is 1. The van der Waals surface area contributed by atoms with Gasteiger partial charge in [0.2, 0.25) is 0 Å². The molecule has 1 aromatic heterocycles. The van der Waals surface area contributed by atoms with Crippen LogP contribution in [0.3, 0.4) is 0 Å². The molecule has 29 heavy (non-hydrogen) atoms. The molecular formula is C17H14F3N3O6. The van der Waals surface area contributed by atoms with E-state index in [1.54, 1.807) is 0 Å². The number of hydrogen-bond donors (Lipinski definition) is 1. The number of nitrogens with zero attached hydrogens (tertiary/aromatic N) is 2. The van der Waals surface area contributed by atoms with Gasteiger partial charge >= 0.3 is 12.1 Å². The van der Waals surface area contributed by atoms with Gasteiger partial charge in [-0.25, -0.2) is 0 Å². The Kier molecular flexibility index (Phi) is 6.36. The molecule has 2 rings (SSSR count). The molecule has 0 spiro atoms. The number of nitro benzene ring substituents is 1. The van der Waals surface area contributed by atoms with Crippen molar-refractivity contribution in [3.8, 4) is 0 Å². The van der Waals surface area contributed by atoms with Crippen LogP contribution in [0.15, 0.2) is 47.4 Å². The van der Waals surface area contributed by atoms with Gasteiger partial charge in [0.15, 0.2) is 6.10 Å². The van der Waals surface area contributed by atoms with Gasteiger partial charge < -0.3 is 14.6 Å². The monoisotopic (exact) mass is 413 g/mol. The highest BCUT2D eigenvalue weighted by Gasteiger charge is 2.36. The molecule has 1 N–H and O–H groups in total. The number of nitro groups is 1. The molecule has 1 amide bonds. The number of carbonyl (C=O) groups excluding carboxylic acids is 2. The van der Waals surface area contributed by atoms with Crippen LogP contribution >= 0.6 is 0 Å². The molecule has 0 bridgehead atoms. The van der Waals surface area contributed by atoms with E-state index in [9.17, 15) is 37.7 Å². The summed E-state index contributed by atoms with van der Waals surface area (Å²) in [7, 11) is 0. The van der Waals surface area contributed by atoms with Crippen LogP contribution < -0.4 is 10.9 Å². The van der Waals surface area contributed by atoms with Crippen LogP contribution in [0.25, 0.3) is 0 Å².